The highest BCUT2D eigenvalue weighted by molar-refractivity contribution is 6.43. The maximum Gasteiger partial charge on any atom is 0.322 e. The Labute approximate surface area is 112 Å². The molecule has 1 heterocycles. The first-order chi connectivity index (χ1) is 8.50. The molecular formula is C11H8Cl2N2O3. The van der Waals surface area contributed by atoms with Gasteiger partial charge in [-0.2, -0.15) is 0 Å². The van der Waals surface area contributed by atoms with Crippen molar-refractivity contribution in [2.45, 2.75) is 0 Å². The van der Waals surface area contributed by atoms with Gasteiger partial charge in [0.05, 0.1) is 21.1 Å². The molecular weight excluding hydrogens is 279 g/mol. The number of aromatic amines is 1. The number of fused-ring (bicyclic) bond motifs is 1. The molecule has 18 heavy (non-hydrogen) atoms. The summed E-state index contributed by atoms with van der Waals surface area (Å²) in [4.78, 5) is 25.1. The number of aromatic nitrogens is 1. The van der Waals surface area contributed by atoms with Crippen LogP contribution in [0.15, 0.2) is 18.3 Å². The Balaban J connectivity index is 2.43. The maximum absolute atomic E-state index is 11.8. The van der Waals surface area contributed by atoms with Crippen LogP contribution in [0.2, 0.25) is 10.0 Å². The molecule has 0 saturated heterocycles. The number of benzene rings is 1. The van der Waals surface area contributed by atoms with Crippen LogP contribution in [0.1, 0.15) is 10.4 Å². The second-order valence-corrected chi connectivity index (χ2v) is 4.35. The van der Waals surface area contributed by atoms with Gasteiger partial charge in [-0.25, -0.2) is 0 Å². The van der Waals surface area contributed by atoms with Gasteiger partial charge in [-0.1, -0.05) is 23.2 Å². The van der Waals surface area contributed by atoms with E-state index in [1.807, 2.05) is 0 Å². The van der Waals surface area contributed by atoms with Gasteiger partial charge in [-0.05, 0) is 12.1 Å². The van der Waals surface area contributed by atoms with Crippen molar-refractivity contribution in [2.75, 3.05) is 6.54 Å². The van der Waals surface area contributed by atoms with Crippen LogP contribution in [-0.4, -0.2) is 28.5 Å². The van der Waals surface area contributed by atoms with Crippen molar-refractivity contribution >= 4 is 46.0 Å². The van der Waals surface area contributed by atoms with E-state index in [1.165, 1.54) is 0 Å². The van der Waals surface area contributed by atoms with Crippen molar-refractivity contribution in [2.24, 2.45) is 0 Å². The van der Waals surface area contributed by atoms with Gasteiger partial charge in [0.2, 0.25) is 0 Å². The number of carboxylic acids is 1. The molecule has 0 aliphatic heterocycles. The number of nitrogens with one attached hydrogen (secondary N) is 2. The number of halogens is 2. The molecule has 2 rings (SSSR count). The first-order valence-corrected chi connectivity index (χ1v) is 5.71. The molecule has 0 bridgehead atoms. The van der Waals surface area contributed by atoms with E-state index in [4.69, 9.17) is 28.3 Å². The van der Waals surface area contributed by atoms with E-state index in [2.05, 4.69) is 10.3 Å². The smallest absolute Gasteiger partial charge is 0.322 e. The van der Waals surface area contributed by atoms with Gasteiger partial charge in [0.15, 0.2) is 0 Å². The van der Waals surface area contributed by atoms with Gasteiger partial charge in [0, 0.05) is 11.6 Å². The van der Waals surface area contributed by atoms with E-state index >= 15 is 0 Å². The third-order valence-electron chi connectivity index (χ3n) is 2.37. The Kier molecular flexibility index (Phi) is 3.45. The molecule has 0 spiro atoms. The number of carbonyl (C=O) groups excluding carboxylic acids is 1. The van der Waals surface area contributed by atoms with Gasteiger partial charge < -0.3 is 15.4 Å². The lowest BCUT2D eigenvalue weighted by Crippen LogP contribution is -2.29. The molecule has 0 unspecified atom stereocenters. The lowest BCUT2D eigenvalue weighted by molar-refractivity contribution is -0.135. The second-order valence-electron chi connectivity index (χ2n) is 3.57. The molecule has 5 nitrogen and oxygen atoms in total. The number of aliphatic carboxylic acids is 1. The lowest BCUT2D eigenvalue weighted by atomic mass is 10.1. The molecule has 0 aliphatic rings. The van der Waals surface area contributed by atoms with E-state index in [-0.39, 0.29) is 15.6 Å². The molecule has 3 N–H and O–H groups in total. The Bertz CT molecular complexity index is 636. The number of H-pyrrole nitrogens is 1. The summed E-state index contributed by atoms with van der Waals surface area (Å²) >= 11 is 12.0. The van der Waals surface area contributed by atoms with Crippen LogP contribution in [0.25, 0.3) is 10.9 Å². The van der Waals surface area contributed by atoms with Crippen molar-refractivity contribution < 1.29 is 14.7 Å². The number of rotatable bonds is 3. The minimum Gasteiger partial charge on any atom is -0.480 e. The number of carboxylic acid groups (broad SMARTS) is 1. The monoisotopic (exact) mass is 286 g/mol. The minimum atomic E-state index is -1.14. The number of hydrogen-bond acceptors (Lipinski definition) is 2. The Hall–Kier alpha value is -1.72. The van der Waals surface area contributed by atoms with Crippen molar-refractivity contribution in [1.82, 2.24) is 10.3 Å². The molecule has 2 aromatic rings. The molecule has 1 aromatic heterocycles. The summed E-state index contributed by atoms with van der Waals surface area (Å²) in [5.74, 6) is -1.76. The summed E-state index contributed by atoms with van der Waals surface area (Å²) in [7, 11) is 0. The predicted octanol–water partition coefficient (Wildman–Crippen LogP) is 2.29. The lowest BCUT2D eigenvalue weighted by Gasteiger charge is -2.08. The molecule has 0 aliphatic carbocycles. The molecule has 0 atom stereocenters. The Morgan fingerprint density at radius 3 is 2.78 bits per heavy atom. The first kappa shape index (κ1) is 12.7. The van der Waals surface area contributed by atoms with Gasteiger partial charge in [0.1, 0.15) is 6.54 Å². The summed E-state index contributed by atoms with van der Waals surface area (Å²) < 4.78 is 0. The van der Waals surface area contributed by atoms with Crippen molar-refractivity contribution in [3.05, 3.63) is 33.9 Å². The van der Waals surface area contributed by atoms with Gasteiger partial charge in [-0.3, -0.25) is 9.59 Å². The fraction of sp³-hybridized carbons (Fsp3) is 0.0909. The summed E-state index contributed by atoms with van der Waals surface area (Å²) in [6.45, 7) is -0.492. The molecule has 0 fully saturated rings. The van der Waals surface area contributed by atoms with Crippen molar-refractivity contribution in [3.63, 3.8) is 0 Å². The van der Waals surface area contributed by atoms with E-state index in [0.717, 1.165) is 5.39 Å². The normalized spacial score (nSPS) is 10.6. The predicted molar refractivity (Wildman–Crippen MR) is 68.3 cm³/mol. The van der Waals surface area contributed by atoms with Gasteiger partial charge >= 0.3 is 5.97 Å². The third kappa shape index (κ3) is 2.27. The SMILES string of the molecule is O=C(O)CNC(=O)c1c(Cl)cc2cc[nH]c2c1Cl. The topological polar surface area (TPSA) is 82.2 Å². The van der Waals surface area contributed by atoms with Crippen LogP contribution in [0.5, 0.6) is 0 Å². The first-order valence-electron chi connectivity index (χ1n) is 4.95. The summed E-state index contributed by atoms with van der Waals surface area (Å²) in [5.41, 5.74) is 0.649. The molecule has 0 radical (unpaired) electrons. The van der Waals surface area contributed by atoms with Crippen LogP contribution < -0.4 is 5.32 Å². The fourth-order valence-electron chi connectivity index (χ4n) is 1.58. The van der Waals surface area contributed by atoms with Crippen molar-refractivity contribution in [1.29, 1.82) is 0 Å². The van der Waals surface area contributed by atoms with E-state index in [9.17, 15) is 9.59 Å². The highest BCUT2D eigenvalue weighted by atomic mass is 35.5. The molecule has 7 heteroatoms. The summed E-state index contributed by atoms with van der Waals surface area (Å²) in [6, 6.07) is 3.36. The minimum absolute atomic E-state index is 0.0644. The van der Waals surface area contributed by atoms with Crippen molar-refractivity contribution in [3.8, 4) is 0 Å². The highest BCUT2D eigenvalue weighted by Gasteiger charge is 2.18. The Morgan fingerprint density at radius 1 is 1.39 bits per heavy atom. The standard InChI is InChI=1S/C11H8Cl2N2O3/c12-6-3-5-1-2-14-10(5)9(13)8(6)11(18)15-4-7(16)17/h1-3,14H,4H2,(H,15,18)(H,16,17). The van der Waals surface area contributed by atoms with E-state index < -0.39 is 18.4 Å². The number of carbonyl (C=O) groups is 2. The van der Waals surface area contributed by atoms with Gasteiger partial charge in [0.25, 0.3) is 5.91 Å². The molecule has 1 aromatic carbocycles. The maximum atomic E-state index is 11.8. The van der Waals surface area contributed by atoms with Gasteiger partial charge in [-0.15, -0.1) is 0 Å². The Morgan fingerprint density at radius 2 is 2.11 bits per heavy atom. The summed E-state index contributed by atoms with van der Waals surface area (Å²) in [6.07, 6.45) is 1.67. The quantitative estimate of drug-likeness (QED) is 0.810. The van der Waals surface area contributed by atoms with Crippen LogP contribution in [-0.2, 0) is 4.79 Å². The average Bonchev–Trinajstić information content (AvgIpc) is 2.74. The third-order valence-corrected chi connectivity index (χ3v) is 3.04. The highest BCUT2D eigenvalue weighted by Crippen LogP contribution is 2.32. The van der Waals surface area contributed by atoms with E-state index in [0.29, 0.717) is 5.52 Å². The van der Waals surface area contributed by atoms with Crippen LogP contribution in [0.4, 0.5) is 0 Å². The molecule has 94 valence electrons. The molecule has 1 amide bonds. The average molecular weight is 287 g/mol. The fourth-order valence-corrected chi connectivity index (χ4v) is 2.28. The zero-order chi connectivity index (χ0) is 13.3. The largest absolute Gasteiger partial charge is 0.480 e. The second kappa shape index (κ2) is 4.88. The van der Waals surface area contributed by atoms with Crippen LogP contribution in [0, 0.1) is 0 Å². The summed E-state index contributed by atoms with van der Waals surface area (Å²) in [5, 5.41) is 11.8. The number of amides is 1. The zero-order valence-electron chi connectivity index (χ0n) is 8.96. The van der Waals surface area contributed by atoms with E-state index in [1.54, 1.807) is 18.3 Å². The van der Waals surface area contributed by atoms with Crippen LogP contribution in [0.3, 0.4) is 0 Å². The zero-order valence-corrected chi connectivity index (χ0v) is 10.5. The van der Waals surface area contributed by atoms with Crippen LogP contribution >= 0.6 is 23.2 Å². The number of hydrogen-bond donors (Lipinski definition) is 3. The molecule has 0 saturated carbocycles.